The number of benzene rings is 1. The molecule has 2 rings (SSSR count). The van der Waals surface area contributed by atoms with E-state index in [0.717, 1.165) is 34.4 Å². The molecule has 0 heterocycles. The average Bonchev–Trinajstić information content (AvgIpc) is 2.38. The number of rotatable bonds is 3. The lowest BCUT2D eigenvalue weighted by Crippen LogP contribution is -2.39. The molecule has 1 aliphatic carbocycles. The molecule has 0 aliphatic heterocycles. The molecule has 0 unspecified atom stereocenters. The molecule has 0 spiro atoms. The Balaban J connectivity index is 2.52. The first-order valence-electron chi connectivity index (χ1n) is 6.32. The molecule has 2 N–H and O–H groups in total. The van der Waals surface area contributed by atoms with E-state index in [4.69, 9.17) is 15.2 Å². The SMILES string of the molecule is COc1ccc(OC)c(C2(N)CCCCC2)c1Br. The summed E-state index contributed by atoms with van der Waals surface area (Å²) in [5.74, 6) is 1.65. The van der Waals surface area contributed by atoms with Gasteiger partial charge in [0.05, 0.1) is 18.7 Å². The van der Waals surface area contributed by atoms with Gasteiger partial charge in [0.1, 0.15) is 11.5 Å². The van der Waals surface area contributed by atoms with Crippen LogP contribution in [0, 0.1) is 0 Å². The van der Waals surface area contributed by atoms with E-state index < -0.39 is 0 Å². The van der Waals surface area contributed by atoms with Crippen LogP contribution in [0.5, 0.6) is 11.5 Å². The Kier molecular flexibility index (Phi) is 4.17. The molecule has 1 aromatic rings. The quantitative estimate of drug-likeness (QED) is 0.927. The monoisotopic (exact) mass is 313 g/mol. The number of nitrogens with two attached hydrogens (primary N) is 1. The Morgan fingerprint density at radius 2 is 1.61 bits per heavy atom. The number of hydrogen-bond acceptors (Lipinski definition) is 3. The van der Waals surface area contributed by atoms with Gasteiger partial charge in [0.2, 0.25) is 0 Å². The van der Waals surface area contributed by atoms with Crippen LogP contribution in [0.25, 0.3) is 0 Å². The summed E-state index contributed by atoms with van der Waals surface area (Å²) in [6.45, 7) is 0. The van der Waals surface area contributed by atoms with Crippen LogP contribution in [0.3, 0.4) is 0 Å². The van der Waals surface area contributed by atoms with Gasteiger partial charge in [-0.3, -0.25) is 0 Å². The average molecular weight is 314 g/mol. The van der Waals surface area contributed by atoms with Gasteiger partial charge in [0.25, 0.3) is 0 Å². The molecule has 18 heavy (non-hydrogen) atoms. The van der Waals surface area contributed by atoms with Gasteiger partial charge >= 0.3 is 0 Å². The Labute approximate surface area is 117 Å². The van der Waals surface area contributed by atoms with E-state index in [2.05, 4.69) is 15.9 Å². The summed E-state index contributed by atoms with van der Waals surface area (Å²) in [7, 11) is 3.35. The fourth-order valence-electron chi connectivity index (χ4n) is 2.76. The maximum Gasteiger partial charge on any atom is 0.133 e. The highest BCUT2D eigenvalue weighted by Crippen LogP contribution is 2.46. The molecule has 1 saturated carbocycles. The standard InChI is InChI=1S/C14H20BrNO2/c1-17-10-6-7-11(18-2)13(15)12(10)14(16)8-4-3-5-9-14/h6-7H,3-5,8-9,16H2,1-2H3. The van der Waals surface area contributed by atoms with Gasteiger partial charge in [-0.2, -0.15) is 0 Å². The van der Waals surface area contributed by atoms with E-state index >= 15 is 0 Å². The smallest absolute Gasteiger partial charge is 0.133 e. The summed E-state index contributed by atoms with van der Waals surface area (Å²) >= 11 is 3.62. The summed E-state index contributed by atoms with van der Waals surface area (Å²) < 4.78 is 11.8. The second-order valence-corrected chi connectivity index (χ2v) is 5.67. The number of methoxy groups -OCH3 is 2. The predicted octanol–water partition coefficient (Wildman–Crippen LogP) is 3.58. The fraction of sp³-hybridized carbons (Fsp3) is 0.571. The third kappa shape index (κ3) is 2.36. The first-order valence-corrected chi connectivity index (χ1v) is 7.11. The highest BCUT2D eigenvalue weighted by Gasteiger charge is 2.35. The summed E-state index contributed by atoms with van der Waals surface area (Å²) in [6.07, 6.45) is 5.60. The van der Waals surface area contributed by atoms with Crippen molar-refractivity contribution in [2.24, 2.45) is 5.73 Å². The molecule has 0 aromatic heterocycles. The first kappa shape index (κ1) is 13.7. The van der Waals surface area contributed by atoms with Crippen molar-refractivity contribution in [1.29, 1.82) is 0 Å². The van der Waals surface area contributed by atoms with Crippen molar-refractivity contribution in [2.45, 2.75) is 37.6 Å². The lowest BCUT2D eigenvalue weighted by molar-refractivity contribution is 0.285. The van der Waals surface area contributed by atoms with Gasteiger partial charge in [-0.25, -0.2) is 0 Å². The van der Waals surface area contributed by atoms with Gasteiger partial charge in [-0.1, -0.05) is 19.3 Å². The topological polar surface area (TPSA) is 44.5 Å². The van der Waals surface area contributed by atoms with Crippen molar-refractivity contribution in [3.63, 3.8) is 0 Å². The second kappa shape index (κ2) is 5.49. The second-order valence-electron chi connectivity index (χ2n) is 4.88. The third-order valence-corrected chi connectivity index (χ3v) is 4.54. The van der Waals surface area contributed by atoms with Crippen LogP contribution >= 0.6 is 15.9 Å². The normalized spacial score (nSPS) is 18.4. The molecule has 100 valence electrons. The molecule has 0 radical (unpaired) electrons. The number of hydrogen-bond donors (Lipinski definition) is 1. The van der Waals surface area contributed by atoms with Crippen LogP contribution in [0.2, 0.25) is 0 Å². The predicted molar refractivity (Wildman–Crippen MR) is 76.2 cm³/mol. The maximum atomic E-state index is 6.62. The summed E-state index contributed by atoms with van der Waals surface area (Å²) in [5.41, 5.74) is 7.35. The highest BCUT2D eigenvalue weighted by molar-refractivity contribution is 9.10. The molecular weight excluding hydrogens is 294 g/mol. The van der Waals surface area contributed by atoms with Gasteiger partial charge in [-0.15, -0.1) is 0 Å². The zero-order chi connectivity index (χ0) is 13.2. The molecule has 3 nitrogen and oxygen atoms in total. The molecule has 0 amide bonds. The minimum Gasteiger partial charge on any atom is -0.496 e. The maximum absolute atomic E-state index is 6.62. The fourth-order valence-corrected chi connectivity index (χ4v) is 3.65. The molecule has 1 aromatic carbocycles. The molecular formula is C14H20BrNO2. The first-order chi connectivity index (χ1) is 8.62. The van der Waals surface area contributed by atoms with Crippen molar-refractivity contribution < 1.29 is 9.47 Å². The van der Waals surface area contributed by atoms with Crippen molar-refractivity contribution in [3.05, 3.63) is 22.2 Å². The van der Waals surface area contributed by atoms with Crippen LogP contribution in [-0.2, 0) is 5.54 Å². The Bertz CT molecular complexity index is 428. The van der Waals surface area contributed by atoms with E-state index in [-0.39, 0.29) is 5.54 Å². The van der Waals surface area contributed by atoms with E-state index in [0.29, 0.717) is 0 Å². The van der Waals surface area contributed by atoms with Crippen molar-refractivity contribution in [2.75, 3.05) is 14.2 Å². The minimum atomic E-state index is -0.309. The Hall–Kier alpha value is -0.740. The van der Waals surface area contributed by atoms with Crippen LogP contribution < -0.4 is 15.2 Å². The van der Waals surface area contributed by atoms with E-state index in [1.165, 1.54) is 19.3 Å². The third-order valence-electron chi connectivity index (χ3n) is 3.75. The van der Waals surface area contributed by atoms with Crippen LogP contribution in [0.1, 0.15) is 37.7 Å². The number of ether oxygens (including phenoxy) is 2. The lowest BCUT2D eigenvalue weighted by Gasteiger charge is -2.36. The summed E-state index contributed by atoms with van der Waals surface area (Å²) in [4.78, 5) is 0. The van der Waals surface area contributed by atoms with Gasteiger partial charge in [0, 0.05) is 11.1 Å². The highest BCUT2D eigenvalue weighted by atomic mass is 79.9. The van der Waals surface area contributed by atoms with Crippen LogP contribution in [0.15, 0.2) is 16.6 Å². The molecule has 0 bridgehead atoms. The molecule has 1 aliphatic rings. The summed E-state index contributed by atoms with van der Waals surface area (Å²) in [5, 5.41) is 0. The number of halogens is 1. The van der Waals surface area contributed by atoms with Crippen LogP contribution in [-0.4, -0.2) is 14.2 Å². The lowest BCUT2D eigenvalue weighted by atomic mass is 9.77. The zero-order valence-corrected chi connectivity index (χ0v) is 12.5. The largest absolute Gasteiger partial charge is 0.496 e. The van der Waals surface area contributed by atoms with Crippen molar-refractivity contribution >= 4 is 15.9 Å². The minimum absolute atomic E-state index is 0.309. The Morgan fingerprint density at radius 3 is 2.17 bits per heavy atom. The van der Waals surface area contributed by atoms with Crippen molar-refractivity contribution in [3.8, 4) is 11.5 Å². The summed E-state index contributed by atoms with van der Waals surface area (Å²) in [6, 6.07) is 3.83. The Morgan fingerprint density at radius 1 is 1.06 bits per heavy atom. The zero-order valence-electron chi connectivity index (χ0n) is 11.0. The van der Waals surface area contributed by atoms with E-state index in [1.54, 1.807) is 14.2 Å². The van der Waals surface area contributed by atoms with Crippen molar-refractivity contribution in [1.82, 2.24) is 0 Å². The van der Waals surface area contributed by atoms with Gasteiger partial charge in [-0.05, 0) is 40.9 Å². The van der Waals surface area contributed by atoms with Gasteiger partial charge < -0.3 is 15.2 Å². The molecule has 0 saturated heterocycles. The van der Waals surface area contributed by atoms with E-state index in [9.17, 15) is 0 Å². The van der Waals surface area contributed by atoms with E-state index in [1.807, 2.05) is 12.1 Å². The molecule has 0 atom stereocenters. The molecule has 4 heteroatoms. The molecule has 1 fully saturated rings. The van der Waals surface area contributed by atoms with Crippen LogP contribution in [0.4, 0.5) is 0 Å². The van der Waals surface area contributed by atoms with Gasteiger partial charge in [0.15, 0.2) is 0 Å².